The fourth-order valence-electron chi connectivity index (χ4n) is 6.72. The van der Waals surface area contributed by atoms with Crippen molar-refractivity contribution in [2.75, 3.05) is 6.61 Å². The largest absolute Gasteiger partial charge is 0.460 e. The van der Waals surface area contributed by atoms with E-state index in [0.29, 0.717) is 24.1 Å². The normalized spacial score (nSPS) is 17.9. The van der Waals surface area contributed by atoms with E-state index in [1.165, 1.54) is 30.3 Å². The second-order valence-electron chi connectivity index (χ2n) is 13.8. The van der Waals surface area contributed by atoms with Gasteiger partial charge in [0.1, 0.15) is 23.4 Å². The molecule has 290 valence electrons. The standard InChI is InChI=1S/C38H44F4N6O6/c1-6-20(4)29(44-28(49)18-22-12-9-10-15-26(22)39)33(50)47-37(17-16-27-24(19-37)23-13-11-14-25(31(23)43-27)38(40,41)42)36(52)45-30(21(5)7-2)34-46-32(48-54-34)35(51)53-8-3/h9-15,20-21,29-30,43H,6-8,16-19H2,1-5H3,(H,44,49)(H,45,52)(H,47,50)/t20?,21-,29-,30?,37+/m0/s1. The highest BCUT2D eigenvalue weighted by molar-refractivity contribution is 5.97. The zero-order valence-electron chi connectivity index (χ0n) is 30.7. The minimum absolute atomic E-state index is 0.0344. The summed E-state index contributed by atoms with van der Waals surface area (Å²) in [6.45, 7) is 8.92. The third kappa shape index (κ3) is 8.42. The lowest BCUT2D eigenvalue weighted by atomic mass is 9.78. The van der Waals surface area contributed by atoms with Crippen LogP contribution in [0.25, 0.3) is 10.9 Å². The lowest BCUT2D eigenvalue weighted by Gasteiger charge is -2.39. The first-order valence-electron chi connectivity index (χ1n) is 18.0. The van der Waals surface area contributed by atoms with Crippen molar-refractivity contribution in [3.8, 4) is 0 Å². The van der Waals surface area contributed by atoms with Crippen LogP contribution in [0, 0.1) is 17.7 Å². The molecular weight excluding hydrogens is 712 g/mol. The highest BCUT2D eigenvalue weighted by Gasteiger charge is 2.47. The number of H-pyrrole nitrogens is 1. The van der Waals surface area contributed by atoms with Crippen LogP contribution in [0.2, 0.25) is 0 Å². The Morgan fingerprint density at radius 3 is 2.39 bits per heavy atom. The van der Waals surface area contributed by atoms with Crippen molar-refractivity contribution in [3.05, 3.63) is 82.4 Å². The molecule has 16 heteroatoms. The zero-order valence-corrected chi connectivity index (χ0v) is 30.7. The number of carbonyl (C=O) groups excluding carboxylic acids is 4. The van der Waals surface area contributed by atoms with E-state index in [1.807, 2.05) is 20.8 Å². The molecule has 0 saturated heterocycles. The number of esters is 1. The van der Waals surface area contributed by atoms with Gasteiger partial charge in [-0.05, 0) is 60.0 Å². The molecule has 0 spiro atoms. The van der Waals surface area contributed by atoms with Crippen molar-refractivity contribution in [1.29, 1.82) is 0 Å². The number of alkyl halides is 3. The van der Waals surface area contributed by atoms with Crippen LogP contribution in [-0.2, 0) is 44.6 Å². The fraction of sp³-hybridized carbons (Fsp3) is 0.474. The summed E-state index contributed by atoms with van der Waals surface area (Å²) in [6.07, 6.45) is -4.19. The number of halogens is 4. The average Bonchev–Trinajstić information content (AvgIpc) is 3.78. The summed E-state index contributed by atoms with van der Waals surface area (Å²) in [5, 5.41) is 12.5. The lowest BCUT2D eigenvalue weighted by Crippen LogP contribution is -2.65. The van der Waals surface area contributed by atoms with Crippen LogP contribution in [0.3, 0.4) is 0 Å². The number of ether oxygens (including phenoxy) is 1. The van der Waals surface area contributed by atoms with Gasteiger partial charge in [-0.25, -0.2) is 9.18 Å². The van der Waals surface area contributed by atoms with Gasteiger partial charge in [-0.15, -0.1) is 0 Å². The molecule has 12 nitrogen and oxygen atoms in total. The van der Waals surface area contributed by atoms with E-state index in [9.17, 15) is 36.7 Å². The van der Waals surface area contributed by atoms with Gasteiger partial charge in [-0.1, -0.05) is 70.9 Å². The molecule has 4 aromatic rings. The van der Waals surface area contributed by atoms with E-state index in [4.69, 9.17) is 9.26 Å². The van der Waals surface area contributed by atoms with Crippen LogP contribution in [-0.4, -0.2) is 57.0 Å². The van der Waals surface area contributed by atoms with Gasteiger partial charge < -0.3 is 30.2 Å². The molecule has 1 aliphatic rings. The monoisotopic (exact) mass is 756 g/mol. The molecule has 4 N–H and O–H groups in total. The second-order valence-corrected chi connectivity index (χ2v) is 13.8. The average molecular weight is 757 g/mol. The molecule has 1 aliphatic carbocycles. The molecule has 0 aliphatic heterocycles. The molecule has 2 aromatic carbocycles. The van der Waals surface area contributed by atoms with Gasteiger partial charge in [0.25, 0.3) is 5.82 Å². The second kappa shape index (κ2) is 16.4. The fourth-order valence-corrected chi connectivity index (χ4v) is 6.72. The van der Waals surface area contributed by atoms with Crippen LogP contribution in [0.4, 0.5) is 17.6 Å². The summed E-state index contributed by atoms with van der Waals surface area (Å²) in [5.41, 5.74) is -1.70. The van der Waals surface area contributed by atoms with E-state index in [0.717, 1.165) is 6.07 Å². The number of nitrogens with one attached hydrogen (secondary N) is 4. The van der Waals surface area contributed by atoms with Crippen molar-refractivity contribution in [2.24, 2.45) is 11.8 Å². The van der Waals surface area contributed by atoms with Gasteiger partial charge in [-0.3, -0.25) is 14.4 Å². The Hall–Kier alpha value is -5.28. The van der Waals surface area contributed by atoms with Crippen LogP contribution >= 0.6 is 0 Å². The van der Waals surface area contributed by atoms with Gasteiger partial charge in [0.2, 0.25) is 23.6 Å². The maximum atomic E-state index is 14.7. The number of hydrogen-bond donors (Lipinski definition) is 4. The number of fused-ring (bicyclic) bond motifs is 3. The molecule has 2 aromatic heterocycles. The molecule has 0 fully saturated rings. The molecule has 5 atom stereocenters. The first-order valence-corrected chi connectivity index (χ1v) is 18.0. The third-order valence-corrected chi connectivity index (χ3v) is 10.2. The van der Waals surface area contributed by atoms with Crippen molar-refractivity contribution in [1.82, 2.24) is 31.1 Å². The number of benzene rings is 2. The van der Waals surface area contributed by atoms with Gasteiger partial charge in [0, 0.05) is 17.5 Å². The summed E-state index contributed by atoms with van der Waals surface area (Å²) >= 11 is 0. The molecule has 0 saturated carbocycles. The Morgan fingerprint density at radius 2 is 1.72 bits per heavy atom. The van der Waals surface area contributed by atoms with E-state index < -0.39 is 64.8 Å². The van der Waals surface area contributed by atoms with Crippen molar-refractivity contribution >= 4 is 34.6 Å². The van der Waals surface area contributed by atoms with Crippen LogP contribution < -0.4 is 16.0 Å². The van der Waals surface area contributed by atoms with Gasteiger partial charge >= 0.3 is 12.1 Å². The van der Waals surface area contributed by atoms with Crippen LogP contribution in [0.1, 0.15) is 98.8 Å². The highest BCUT2D eigenvalue weighted by Crippen LogP contribution is 2.40. The summed E-state index contributed by atoms with van der Waals surface area (Å²) < 4.78 is 66.9. The maximum absolute atomic E-state index is 14.7. The van der Waals surface area contributed by atoms with Gasteiger partial charge in [0.15, 0.2) is 0 Å². The highest BCUT2D eigenvalue weighted by atomic mass is 19.4. The van der Waals surface area contributed by atoms with E-state index in [2.05, 4.69) is 31.1 Å². The molecule has 0 radical (unpaired) electrons. The van der Waals surface area contributed by atoms with E-state index in [1.54, 1.807) is 19.9 Å². The number of aryl methyl sites for hydroxylation is 1. The van der Waals surface area contributed by atoms with Gasteiger partial charge in [-0.2, -0.15) is 18.2 Å². The van der Waals surface area contributed by atoms with Crippen LogP contribution in [0.15, 0.2) is 47.0 Å². The van der Waals surface area contributed by atoms with Gasteiger partial charge in [0.05, 0.1) is 24.1 Å². The molecule has 2 unspecified atom stereocenters. The number of aromatic amines is 1. The Labute approximate surface area is 309 Å². The van der Waals surface area contributed by atoms with E-state index >= 15 is 0 Å². The Kier molecular flexibility index (Phi) is 12.1. The molecular formula is C38H44F4N6O6. The first-order chi connectivity index (χ1) is 25.6. The predicted octanol–water partition coefficient (Wildman–Crippen LogP) is 5.91. The first kappa shape index (κ1) is 39.9. The summed E-state index contributed by atoms with van der Waals surface area (Å²) in [4.78, 5) is 61.7. The minimum Gasteiger partial charge on any atom is -0.460 e. The molecule has 0 bridgehead atoms. The number of rotatable bonds is 14. The number of nitrogens with zero attached hydrogens (tertiary/aromatic N) is 2. The van der Waals surface area contributed by atoms with Crippen LogP contribution in [0.5, 0.6) is 0 Å². The molecule has 3 amide bonds. The quantitative estimate of drug-likeness (QED) is 0.0911. The Bertz CT molecular complexity index is 2010. The number of amides is 3. The molecule has 5 rings (SSSR count). The Balaban J connectivity index is 1.53. The predicted molar refractivity (Wildman–Crippen MR) is 188 cm³/mol. The topological polar surface area (TPSA) is 168 Å². The third-order valence-electron chi connectivity index (χ3n) is 10.2. The number of carbonyl (C=O) groups is 4. The van der Waals surface area contributed by atoms with Crippen molar-refractivity contribution < 1.29 is 46.0 Å². The number of hydrogen-bond acceptors (Lipinski definition) is 8. The lowest BCUT2D eigenvalue weighted by molar-refractivity contribution is -0.137. The Morgan fingerprint density at radius 1 is 1.00 bits per heavy atom. The van der Waals surface area contributed by atoms with E-state index in [-0.39, 0.29) is 66.4 Å². The number of aromatic nitrogens is 3. The zero-order chi connectivity index (χ0) is 39.4. The smallest absolute Gasteiger partial charge is 0.418 e. The summed E-state index contributed by atoms with van der Waals surface area (Å²) in [7, 11) is 0. The van der Waals surface area contributed by atoms with Crippen molar-refractivity contribution in [2.45, 2.75) is 96.9 Å². The maximum Gasteiger partial charge on any atom is 0.418 e. The molecule has 54 heavy (non-hydrogen) atoms. The van der Waals surface area contributed by atoms with Crippen molar-refractivity contribution in [3.63, 3.8) is 0 Å². The minimum atomic E-state index is -4.66. The number of para-hydroxylation sites is 1. The SMILES string of the molecule is CCOC(=O)c1noc(C(NC(=O)[C@@]2(NC(=O)[C@@H](NC(=O)Cc3ccccc3F)C(C)CC)CCc3[nH]c4c(C(F)(F)F)cccc4c3C2)[C@@H](C)CC)n1. The summed E-state index contributed by atoms with van der Waals surface area (Å²) in [6, 6.07) is 7.45. The summed E-state index contributed by atoms with van der Waals surface area (Å²) in [5.74, 6) is -4.62. The molecule has 2 heterocycles.